The molecule has 1 N–H and O–H groups in total. The van der Waals surface area contributed by atoms with E-state index in [4.69, 9.17) is 9.84 Å². The maximum absolute atomic E-state index is 12.0. The van der Waals surface area contributed by atoms with E-state index in [1.807, 2.05) is 6.92 Å². The van der Waals surface area contributed by atoms with Crippen LogP contribution >= 0.6 is 0 Å². The molecule has 5 heteroatoms. The second kappa shape index (κ2) is 3.30. The predicted octanol–water partition coefficient (Wildman–Crippen LogP) is 0.488. The summed E-state index contributed by atoms with van der Waals surface area (Å²) in [5.74, 6) is 0. The summed E-state index contributed by atoms with van der Waals surface area (Å²) in [6.45, 7) is 1.45. The van der Waals surface area contributed by atoms with Gasteiger partial charge in [-0.1, -0.05) is 17.7 Å². The standard InChI is InChI=1S/C10H12O4S/c1-8-2-4-9(5-3-8)15(12,13)10(6-11)7-14-10/h2-5,11H,6-7H2,1H3/t10-/m0/s1. The minimum atomic E-state index is -3.57. The van der Waals surface area contributed by atoms with Gasteiger partial charge in [-0.05, 0) is 19.1 Å². The summed E-state index contributed by atoms with van der Waals surface area (Å²) in [6.07, 6.45) is 0. The Morgan fingerprint density at radius 3 is 2.33 bits per heavy atom. The Labute approximate surface area is 88.4 Å². The minimum Gasteiger partial charge on any atom is -0.392 e. The summed E-state index contributed by atoms with van der Waals surface area (Å²) in [5, 5.41) is 9.00. The summed E-state index contributed by atoms with van der Waals surface area (Å²) in [6, 6.07) is 6.51. The first-order chi connectivity index (χ1) is 7.02. The zero-order valence-corrected chi connectivity index (χ0v) is 9.12. The van der Waals surface area contributed by atoms with E-state index in [0.29, 0.717) is 0 Å². The van der Waals surface area contributed by atoms with Crippen LogP contribution in [0.1, 0.15) is 5.56 Å². The van der Waals surface area contributed by atoms with Gasteiger partial charge in [-0.3, -0.25) is 0 Å². The smallest absolute Gasteiger partial charge is 0.219 e. The van der Waals surface area contributed by atoms with Gasteiger partial charge in [0.1, 0.15) is 0 Å². The number of benzene rings is 1. The number of hydrogen-bond donors (Lipinski definition) is 1. The fourth-order valence-electron chi connectivity index (χ4n) is 1.34. The van der Waals surface area contributed by atoms with Crippen molar-refractivity contribution in [1.82, 2.24) is 0 Å². The highest BCUT2D eigenvalue weighted by atomic mass is 32.2. The molecule has 0 radical (unpaired) electrons. The van der Waals surface area contributed by atoms with Crippen molar-refractivity contribution in [2.75, 3.05) is 13.2 Å². The molecule has 1 saturated heterocycles. The number of aryl methyl sites for hydroxylation is 1. The molecule has 0 aliphatic carbocycles. The second-order valence-electron chi connectivity index (χ2n) is 3.67. The van der Waals surface area contributed by atoms with Crippen molar-refractivity contribution in [3.8, 4) is 0 Å². The topological polar surface area (TPSA) is 66.9 Å². The number of epoxide rings is 1. The third kappa shape index (κ3) is 1.56. The molecule has 1 atom stereocenters. The lowest BCUT2D eigenvalue weighted by atomic mass is 10.2. The zero-order chi connectivity index (χ0) is 11.1. The van der Waals surface area contributed by atoms with Crippen LogP contribution in [0.5, 0.6) is 0 Å². The van der Waals surface area contributed by atoms with Crippen LogP contribution in [0, 0.1) is 6.92 Å². The molecule has 1 heterocycles. The van der Waals surface area contributed by atoms with Crippen molar-refractivity contribution in [3.63, 3.8) is 0 Å². The van der Waals surface area contributed by atoms with Crippen molar-refractivity contribution < 1.29 is 18.3 Å². The monoisotopic (exact) mass is 228 g/mol. The molecule has 1 aliphatic rings. The molecule has 1 aromatic rings. The normalized spacial score (nSPS) is 25.2. The summed E-state index contributed by atoms with van der Waals surface area (Å²) in [7, 11) is -3.57. The zero-order valence-electron chi connectivity index (χ0n) is 8.30. The van der Waals surface area contributed by atoms with Crippen LogP contribution in [0.4, 0.5) is 0 Å². The summed E-state index contributed by atoms with van der Waals surface area (Å²) < 4.78 is 28.8. The molecule has 2 rings (SSSR count). The maximum atomic E-state index is 12.0. The molecule has 0 amide bonds. The van der Waals surface area contributed by atoms with E-state index in [1.54, 1.807) is 12.1 Å². The molecular weight excluding hydrogens is 216 g/mol. The first-order valence-electron chi connectivity index (χ1n) is 4.58. The predicted molar refractivity (Wildman–Crippen MR) is 54.1 cm³/mol. The fraction of sp³-hybridized carbons (Fsp3) is 0.400. The molecule has 82 valence electrons. The van der Waals surface area contributed by atoms with Gasteiger partial charge in [-0.2, -0.15) is 0 Å². The number of ether oxygens (including phenoxy) is 1. The first-order valence-corrected chi connectivity index (χ1v) is 6.06. The summed E-state index contributed by atoms with van der Waals surface area (Å²) in [5.41, 5.74) is 0.990. The molecule has 1 aliphatic heterocycles. The quantitative estimate of drug-likeness (QED) is 0.764. The van der Waals surface area contributed by atoms with Gasteiger partial charge in [-0.25, -0.2) is 8.42 Å². The third-order valence-corrected chi connectivity index (χ3v) is 4.77. The third-order valence-electron chi connectivity index (χ3n) is 2.53. The molecule has 1 aromatic carbocycles. The van der Waals surface area contributed by atoms with Crippen molar-refractivity contribution in [3.05, 3.63) is 29.8 Å². The maximum Gasteiger partial charge on any atom is 0.219 e. The molecule has 15 heavy (non-hydrogen) atoms. The Hall–Kier alpha value is -0.910. The van der Waals surface area contributed by atoms with Gasteiger partial charge in [0.25, 0.3) is 0 Å². The van der Waals surface area contributed by atoms with Crippen molar-refractivity contribution in [2.45, 2.75) is 16.8 Å². The SMILES string of the molecule is Cc1ccc(S(=O)(=O)[C@@]2(CO)CO2)cc1. The molecule has 4 nitrogen and oxygen atoms in total. The van der Waals surface area contributed by atoms with Crippen LogP contribution in [0.3, 0.4) is 0 Å². The highest BCUT2D eigenvalue weighted by Crippen LogP contribution is 2.37. The molecular formula is C10H12O4S. The number of aliphatic hydroxyl groups is 1. The van der Waals surface area contributed by atoms with E-state index >= 15 is 0 Å². The van der Waals surface area contributed by atoms with Crippen LogP contribution in [-0.4, -0.2) is 31.7 Å². The van der Waals surface area contributed by atoms with Crippen LogP contribution in [0.15, 0.2) is 29.2 Å². The van der Waals surface area contributed by atoms with Crippen LogP contribution in [-0.2, 0) is 14.6 Å². The van der Waals surface area contributed by atoms with E-state index in [2.05, 4.69) is 0 Å². The molecule has 1 fully saturated rings. The lowest BCUT2D eigenvalue weighted by molar-refractivity contribution is 0.219. The van der Waals surface area contributed by atoms with Gasteiger partial charge in [0.05, 0.1) is 18.1 Å². The van der Waals surface area contributed by atoms with Crippen molar-refractivity contribution >= 4 is 9.84 Å². The molecule has 0 bridgehead atoms. The number of aliphatic hydroxyl groups excluding tert-OH is 1. The molecule has 0 unspecified atom stereocenters. The van der Waals surface area contributed by atoms with E-state index in [1.165, 1.54) is 12.1 Å². The average molecular weight is 228 g/mol. The van der Waals surface area contributed by atoms with Crippen molar-refractivity contribution in [1.29, 1.82) is 0 Å². The van der Waals surface area contributed by atoms with Gasteiger partial charge in [0, 0.05) is 0 Å². The average Bonchev–Trinajstić information content (AvgIpc) is 2.99. The Morgan fingerprint density at radius 2 is 1.93 bits per heavy atom. The van der Waals surface area contributed by atoms with Crippen molar-refractivity contribution in [2.24, 2.45) is 0 Å². The lowest BCUT2D eigenvalue weighted by Gasteiger charge is -2.10. The highest BCUT2D eigenvalue weighted by molar-refractivity contribution is 7.93. The fourth-order valence-corrected chi connectivity index (χ4v) is 2.81. The highest BCUT2D eigenvalue weighted by Gasteiger charge is 2.57. The van der Waals surface area contributed by atoms with Crippen LogP contribution in [0.25, 0.3) is 0 Å². The number of rotatable bonds is 3. The molecule has 0 aromatic heterocycles. The lowest BCUT2D eigenvalue weighted by Crippen LogP contribution is -2.29. The first kappa shape index (κ1) is 10.6. The van der Waals surface area contributed by atoms with Crippen LogP contribution < -0.4 is 0 Å². The van der Waals surface area contributed by atoms with Gasteiger partial charge in [0.2, 0.25) is 14.8 Å². The summed E-state index contributed by atoms with van der Waals surface area (Å²) >= 11 is 0. The Kier molecular flexibility index (Phi) is 2.33. The van der Waals surface area contributed by atoms with Gasteiger partial charge >= 0.3 is 0 Å². The number of hydrogen-bond acceptors (Lipinski definition) is 4. The van der Waals surface area contributed by atoms with Gasteiger partial charge in [0.15, 0.2) is 0 Å². The Morgan fingerprint density at radius 1 is 1.40 bits per heavy atom. The van der Waals surface area contributed by atoms with E-state index in [0.717, 1.165) is 5.56 Å². The van der Waals surface area contributed by atoms with Gasteiger partial charge < -0.3 is 9.84 Å². The Bertz CT molecular complexity index is 457. The second-order valence-corrected chi connectivity index (χ2v) is 5.90. The van der Waals surface area contributed by atoms with E-state index < -0.39 is 21.4 Å². The summed E-state index contributed by atoms with van der Waals surface area (Å²) in [4.78, 5) is -1.19. The Balaban J connectivity index is 2.43. The molecule has 0 spiro atoms. The van der Waals surface area contributed by atoms with E-state index in [9.17, 15) is 8.42 Å². The molecule has 0 saturated carbocycles. The largest absolute Gasteiger partial charge is 0.392 e. The number of sulfone groups is 1. The van der Waals surface area contributed by atoms with Crippen LogP contribution in [0.2, 0.25) is 0 Å². The minimum absolute atomic E-state index is 0.0692. The van der Waals surface area contributed by atoms with E-state index in [-0.39, 0.29) is 11.5 Å². The van der Waals surface area contributed by atoms with Gasteiger partial charge in [-0.15, -0.1) is 0 Å².